The van der Waals surface area contributed by atoms with Gasteiger partial charge in [-0.15, -0.1) is 0 Å². The summed E-state index contributed by atoms with van der Waals surface area (Å²) in [5.74, 6) is 0. The van der Waals surface area contributed by atoms with Crippen molar-refractivity contribution in [1.29, 1.82) is 0 Å². The van der Waals surface area contributed by atoms with Gasteiger partial charge >= 0.3 is 0 Å². The molecule has 1 spiro atoms. The Balaban J connectivity index is 0.000000829. The maximum Gasteiger partial charge on any atom is 0.0212 e. The smallest absolute Gasteiger partial charge is 0.0212 e. The molecule has 2 saturated heterocycles. The Morgan fingerprint density at radius 3 is 1.95 bits per heavy atom. The molecule has 122 valence electrons. The molecular formula is C17H39N3. The monoisotopic (exact) mass is 285 g/mol. The van der Waals surface area contributed by atoms with Gasteiger partial charge in [0.15, 0.2) is 0 Å². The first-order chi connectivity index (χ1) is 9.54. The summed E-state index contributed by atoms with van der Waals surface area (Å²) in [4.78, 5) is 7.51. The topological polar surface area (TPSA) is 9.72 Å². The molecule has 2 rings (SSSR count). The summed E-state index contributed by atoms with van der Waals surface area (Å²) in [7, 11) is 4.44. The Labute approximate surface area is 128 Å². The van der Waals surface area contributed by atoms with Gasteiger partial charge in [0.2, 0.25) is 0 Å². The molecule has 2 aliphatic heterocycles. The van der Waals surface area contributed by atoms with Crippen LogP contribution in [-0.2, 0) is 0 Å². The second-order valence-electron chi connectivity index (χ2n) is 6.11. The van der Waals surface area contributed by atoms with E-state index in [1.165, 1.54) is 45.7 Å². The molecule has 0 aromatic carbocycles. The zero-order valence-corrected chi connectivity index (χ0v) is 15.4. The first-order valence-electron chi connectivity index (χ1n) is 8.66. The second kappa shape index (κ2) is 9.75. The lowest BCUT2D eigenvalue weighted by Crippen LogP contribution is -2.72. The highest BCUT2D eigenvalue weighted by Crippen LogP contribution is 2.39. The maximum atomic E-state index is 2.66. The number of rotatable bonds is 5. The van der Waals surface area contributed by atoms with E-state index in [0.717, 1.165) is 6.04 Å². The van der Waals surface area contributed by atoms with Crippen LogP contribution in [-0.4, -0.2) is 74.1 Å². The molecule has 0 bridgehead atoms. The van der Waals surface area contributed by atoms with Crippen molar-refractivity contribution in [3.63, 3.8) is 0 Å². The molecule has 0 aromatic heterocycles. The zero-order chi connectivity index (χ0) is 15.8. The van der Waals surface area contributed by atoms with Crippen LogP contribution in [0, 0.1) is 5.41 Å². The number of nitrogens with zero attached hydrogens (tertiary/aromatic N) is 3. The average molecular weight is 286 g/mol. The lowest BCUT2D eigenvalue weighted by atomic mass is 9.72. The highest BCUT2D eigenvalue weighted by molar-refractivity contribution is 5.05. The maximum absolute atomic E-state index is 2.66. The third-order valence-corrected chi connectivity index (χ3v) is 4.38. The fraction of sp³-hybridized carbons (Fsp3) is 1.00. The van der Waals surface area contributed by atoms with Crippen LogP contribution < -0.4 is 0 Å². The van der Waals surface area contributed by atoms with E-state index < -0.39 is 0 Å². The summed E-state index contributed by atoms with van der Waals surface area (Å²) in [6.07, 6.45) is 1.32. The summed E-state index contributed by atoms with van der Waals surface area (Å²) < 4.78 is 0. The molecule has 2 fully saturated rings. The van der Waals surface area contributed by atoms with Crippen LogP contribution in [0.1, 0.15) is 48.0 Å². The van der Waals surface area contributed by atoms with Gasteiger partial charge in [0, 0.05) is 37.6 Å². The van der Waals surface area contributed by atoms with Crippen LogP contribution in [0.3, 0.4) is 0 Å². The zero-order valence-electron chi connectivity index (χ0n) is 15.4. The minimum absolute atomic E-state index is 0.694. The number of hydrogen-bond donors (Lipinski definition) is 0. The molecule has 20 heavy (non-hydrogen) atoms. The van der Waals surface area contributed by atoms with E-state index in [9.17, 15) is 0 Å². The fourth-order valence-electron chi connectivity index (χ4n) is 3.17. The van der Waals surface area contributed by atoms with Crippen molar-refractivity contribution in [3.8, 4) is 0 Å². The van der Waals surface area contributed by atoms with Crippen LogP contribution >= 0.6 is 0 Å². The van der Waals surface area contributed by atoms with Gasteiger partial charge in [0.25, 0.3) is 0 Å². The lowest BCUT2D eigenvalue weighted by molar-refractivity contribution is -0.119. The summed E-state index contributed by atoms with van der Waals surface area (Å²) in [5.41, 5.74) is 0.694. The predicted molar refractivity (Wildman–Crippen MR) is 91.4 cm³/mol. The van der Waals surface area contributed by atoms with Crippen molar-refractivity contribution in [2.75, 3.05) is 53.4 Å². The highest BCUT2D eigenvalue weighted by atomic mass is 15.3. The van der Waals surface area contributed by atoms with Gasteiger partial charge in [-0.3, -0.25) is 4.90 Å². The third-order valence-electron chi connectivity index (χ3n) is 4.38. The minimum Gasteiger partial charge on any atom is -0.307 e. The van der Waals surface area contributed by atoms with Gasteiger partial charge in [-0.1, -0.05) is 34.6 Å². The van der Waals surface area contributed by atoms with E-state index in [1.807, 2.05) is 27.7 Å². The summed E-state index contributed by atoms with van der Waals surface area (Å²) in [5, 5.41) is 0. The van der Waals surface area contributed by atoms with E-state index in [-0.39, 0.29) is 0 Å². The summed E-state index contributed by atoms with van der Waals surface area (Å²) >= 11 is 0. The molecule has 0 N–H and O–H groups in total. The molecule has 0 amide bonds. The SMILES string of the molecule is CC.CC.CCN(C)CCC(C)N1CC2(CN(C)C2)C1. The van der Waals surface area contributed by atoms with Gasteiger partial charge < -0.3 is 9.80 Å². The molecule has 0 aliphatic carbocycles. The van der Waals surface area contributed by atoms with E-state index in [4.69, 9.17) is 0 Å². The van der Waals surface area contributed by atoms with Crippen LogP contribution in [0.2, 0.25) is 0 Å². The molecule has 3 heteroatoms. The molecule has 1 unspecified atom stereocenters. The van der Waals surface area contributed by atoms with E-state index in [1.54, 1.807) is 0 Å². The van der Waals surface area contributed by atoms with E-state index in [0.29, 0.717) is 5.41 Å². The van der Waals surface area contributed by atoms with E-state index >= 15 is 0 Å². The van der Waals surface area contributed by atoms with Crippen molar-refractivity contribution in [2.24, 2.45) is 5.41 Å². The van der Waals surface area contributed by atoms with Crippen LogP contribution in [0.15, 0.2) is 0 Å². The standard InChI is InChI=1S/C13H27N3.2C2H6/c1-5-14(3)7-6-12(2)16-10-13(11-16)8-15(4)9-13;2*1-2/h12H,5-11H2,1-4H3;2*1-2H3. The Morgan fingerprint density at radius 1 is 1.05 bits per heavy atom. The Kier molecular flexibility index (Phi) is 9.69. The number of likely N-dealkylation sites (tertiary alicyclic amines) is 2. The van der Waals surface area contributed by atoms with E-state index in [2.05, 4.69) is 42.6 Å². The molecular weight excluding hydrogens is 246 g/mol. The quantitative estimate of drug-likeness (QED) is 0.769. The van der Waals surface area contributed by atoms with Crippen LogP contribution in [0.25, 0.3) is 0 Å². The molecule has 2 heterocycles. The van der Waals surface area contributed by atoms with Crippen LogP contribution in [0.5, 0.6) is 0 Å². The Morgan fingerprint density at radius 2 is 1.55 bits per heavy atom. The third kappa shape index (κ3) is 5.34. The molecule has 0 saturated carbocycles. The first-order valence-corrected chi connectivity index (χ1v) is 8.66. The normalized spacial score (nSPS) is 22.1. The largest absolute Gasteiger partial charge is 0.307 e. The van der Waals surface area contributed by atoms with Gasteiger partial charge in [0.05, 0.1) is 0 Å². The minimum atomic E-state index is 0.694. The lowest BCUT2D eigenvalue weighted by Gasteiger charge is -2.61. The molecule has 0 aromatic rings. The summed E-state index contributed by atoms with van der Waals surface area (Å²) in [6.45, 7) is 20.4. The summed E-state index contributed by atoms with van der Waals surface area (Å²) in [6, 6.07) is 0.769. The predicted octanol–water partition coefficient (Wildman–Crippen LogP) is 3.02. The molecule has 3 nitrogen and oxygen atoms in total. The fourth-order valence-corrected chi connectivity index (χ4v) is 3.17. The average Bonchev–Trinajstić information content (AvgIpc) is 2.42. The molecule has 1 atom stereocenters. The van der Waals surface area contributed by atoms with Gasteiger partial charge in [-0.25, -0.2) is 0 Å². The van der Waals surface area contributed by atoms with Crippen molar-refractivity contribution in [1.82, 2.24) is 14.7 Å². The van der Waals surface area contributed by atoms with Gasteiger partial charge in [-0.05, 0) is 40.5 Å². The molecule has 0 radical (unpaired) electrons. The Hall–Kier alpha value is -0.120. The van der Waals surface area contributed by atoms with Gasteiger partial charge in [0.1, 0.15) is 0 Å². The van der Waals surface area contributed by atoms with Crippen molar-refractivity contribution in [2.45, 2.75) is 54.0 Å². The van der Waals surface area contributed by atoms with Crippen LogP contribution in [0.4, 0.5) is 0 Å². The second-order valence-corrected chi connectivity index (χ2v) is 6.11. The Bertz CT molecular complexity index is 228. The van der Waals surface area contributed by atoms with Gasteiger partial charge in [-0.2, -0.15) is 0 Å². The molecule has 2 aliphatic rings. The van der Waals surface area contributed by atoms with Crippen molar-refractivity contribution >= 4 is 0 Å². The van der Waals surface area contributed by atoms with Crippen molar-refractivity contribution in [3.05, 3.63) is 0 Å². The highest BCUT2D eigenvalue weighted by Gasteiger charge is 2.50. The first kappa shape index (κ1) is 19.9. The van der Waals surface area contributed by atoms with Crippen molar-refractivity contribution < 1.29 is 0 Å². The number of hydrogen-bond acceptors (Lipinski definition) is 3.